The summed E-state index contributed by atoms with van der Waals surface area (Å²) in [4.78, 5) is 17.8. The number of nitrogens with one attached hydrogen (secondary N) is 2. The second kappa shape index (κ2) is 8.00. The number of hydrogen-bond acceptors (Lipinski definition) is 3. The van der Waals surface area contributed by atoms with E-state index in [9.17, 15) is 9.18 Å². The molecule has 0 saturated heterocycles. The number of aromatic nitrogens is 1. The maximum Gasteiger partial charge on any atom is 0.279 e. The van der Waals surface area contributed by atoms with Crippen molar-refractivity contribution < 1.29 is 14.1 Å². The van der Waals surface area contributed by atoms with E-state index >= 15 is 0 Å². The maximum atomic E-state index is 12.9. The number of amides is 1. The normalized spacial score (nSPS) is 11.9. The van der Waals surface area contributed by atoms with Crippen LogP contribution in [0.2, 0.25) is 0 Å². The second-order valence-electron chi connectivity index (χ2n) is 5.88. The molecule has 0 aliphatic carbocycles. The number of benzene rings is 2. The Kier molecular flexibility index (Phi) is 5.53. The number of carbonyl (C=O) groups is 1. The van der Waals surface area contributed by atoms with Crippen molar-refractivity contribution in [3.8, 4) is 10.6 Å². The molecule has 4 nitrogen and oxygen atoms in total. The van der Waals surface area contributed by atoms with Gasteiger partial charge in [0.25, 0.3) is 5.91 Å². The zero-order valence-electron chi connectivity index (χ0n) is 13.8. The molecule has 1 unspecified atom stereocenters. The van der Waals surface area contributed by atoms with Crippen molar-refractivity contribution in [2.24, 2.45) is 0 Å². The molecule has 0 aliphatic heterocycles. The Morgan fingerprint density at radius 2 is 1.88 bits per heavy atom. The van der Waals surface area contributed by atoms with Gasteiger partial charge in [-0.1, -0.05) is 30.3 Å². The smallest absolute Gasteiger partial charge is 0.279 e. The quantitative estimate of drug-likeness (QED) is 0.713. The van der Waals surface area contributed by atoms with Crippen LogP contribution in [0.4, 0.5) is 10.1 Å². The largest absolute Gasteiger partial charge is 0.325 e. The molecule has 0 bridgehead atoms. The molecule has 3 aromatic rings. The maximum absolute atomic E-state index is 12.9. The molecule has 0 spiro atoms. The van der Waals surface area contributed by atoms with Crippen LogP contribution in [0.1, 0.15) is 5.69 Å². The van der Waals surface area contributed by atoms with Crippen molar-refractivity contribution in [2.45, 2.75) is 6.54 Å². The third-order valence-corrected chi connectivity index (χ3v) is 4.59. The zero-order chi connectivity index (χ0) is 17.6. The van der Waals surface area contributed by atoms with Gasteiger partial charge in [-0.3, -0.25) is 4.79 Å². The Bertz CT molecular complexity index is 833. The Balaban J connectivity index is 1.54. The highest BCUT2D eigenvalue weighted by atomic mass is 32.1. The summed E-state index contributed by atoms with van der Waals surface area (Å²) in [7, 11) is 1.95. The van der Waals surface area contributed by atoms with E-state index in [2.05, 4.69) is 10.3 Å². The summed E-state index contributed by atoms with van der Waals surface area (Å²) in [6.07, 6.45) is 0. The van der Waals surface area contributed by atoms with Gasteiger partial charge in [-0.2, -0.15) is 0 Å². The first kappa shape index (κ1) is 17.3. The van der Waals surface area contributed by atoms with Gasteiger partial charge in [0.1, 0.15) is 23.1 Å². The van der Waals surface area contributed by atoms with E-state index in [4.69, 9.17) is 0 Å². The molecule has 1 aromatic heterocycles. The predicted molar refractivity (Wildman–Crippen MR) is 98.0 cm³/mol. The lowest BCUT2D eigenvalue weighted by molar-refractivity contribution is -0.885. The molecule has 0 aliphatic rings. The third kappa shape index (κ3) is 4.95. The number of quaternary nitrogens is 1. The second-order valence-corrected chi connectivity index (χ2v) is 6.73. The molecule has 0 radical (unpaired) electrons. The average molecular weight is 356 g/mol. The highest BCUT2D eigenvalue weighted by molar-refractivity contribution is 7.13. The Labute approximate surface area is 150 Å². The standard InChI is InChI=1S/C19H18FN3OS/c1-23(12-18(24)21-16-9-7-15(20)8-10-16)11-17-13-25-19(22-17)14-5-3-2-4-6-14/h2-10,13H,11-12H2,1H3,(H,21,24)/p+1. The summed E-state index contributed by atoms with van der Waals surface area (Å²) in [5.41, 5.74) is 2.67. The number of carbonyl (C=O) groups excluding carboxylic acids is 1. The average Bonchev–Trinajstić information content (AvgIpc) is 3.06. The first-order valence-electron chi connectivity index (χ1n) is 7.97. The number of thiazole rings is 1. The summed E-state index contributed by atoms with van der Waals surface area (Å²) in [5.74, 6) is -0.430. The summed E-state index contributed by atoms with van der Waals surface area (Å²) in [6, 6.07) is 15.8. The fourth-order valence-corrected chi connectivity index (χ4v) is 3.31. The molecule has 0 saturated carbocycles. The van der Waals surface area contributed by atoms with Gasteiger partial charge in [0.05, 0.1) is 7.05 Å². The number of halogens is 1. The van der Waals surface area contributed by atoms with Crippen LogP contribution in [0.5, 0.6) is 0 Å². The van der Waals surface area contributed by atoms with Crippen LogP contribution >= 0.6 is 11.3 Å². The first-order chi connectivity index (χ1) is 12.1. The van der Waals surface area contributed by atoms with Crippen LogP contribution in [-0.2, 0) is 11.3 Å². The fraction of sp³-hybridized carbons (Fsp3) is 0.158. The van der Waals surface area contributed by atoms with Gasteiger partial charge in [0, 0.05) is 16.6 Å². The third-order valence-electron chi connectivity index (χ3n) is 3.65. The minimum atomic E-state index is -0.321. The molecule has 25 heavy (non-hydrogen) atoms. The highest BCUT2D eigenvalue weighted by Gasteiger charge is 2.13. The number of anilines is 1. The first-order valence-corrected chi connectivity index (χ1v) is 8.84. The molecule has 2 N–H and O–H groups in total. The lowest BCUT2D eigenvalue weighted by atomic mass is 10.2. The lowest BCUT2D eigenvalue weighted by Gasteiger charge is -2.12. The van der Waals surface area contributed by atoms with Gasteiger partial charge < -0.3 is 10.2 Å². The van der Waals surface area contributed by atoms with Crippen LogP contribution in [0.15, 0.2) is 60.0 Å². The van der Waals surface area contributed by atoms with Crippen molar-refractivity contribution in [3.05, 3.63) is 71.5 Å². The Morgan fingerprint density at radius 1 is 1.16 bits per heavy atom. The van der Waals surface area contributed by atoms with Crippen molar-refractivity contribution in [3.63, 3.8) is 0 Å². The van der Waals surface area contributed by atoms with Gasteiger partial charge in [-0.05, 0) is 24.3 Å². The van der Waals surface area contributed by atoms with E-state index in [1.165, 1.54) is 12.1 Å². The Morgan fingerprint density at radius 3 is 2.60 bits per heavy atom. The van der Waals surface area contributed by atoms with Gasteiger partial charge in [0.2, 0.25) is 0 Å². The molecule has 2 aromatic carbocycles. The van der Waals surface area contributed by atoms with E-state index in [0.29, 0.717) is 18.8 Å². The van der Waals surface area contributed by atoms with E-state index in [0.717, 1.165) is 21.2 Å². The van der Waals surface area contributed by atoms with Crippen LogP contribution in [0.3, 0.4) is 0 Å². The molecular weight excluding hydrogens is 337 g/mol. The van der Waals surface area contributed by atoms with Gasteiger partial charge in [-0.25, -0.2) is 9.37 Å². The van der Waals surface area contributed by atoms with E-state index in [-0.39, 0.29) is 11.7 Å². The highest BCUT2D eigenvalue weighted by Crippen LogP contribution is 2.22. The van der Waals surface area contributed by atoms with Crippen LogP contribution in [-0.4, -0.2) is 24.5 Å². The number of likely N-dealkylation sites (N-methyl/N-ethyl adjacent to an activating group) is 1. The summed E-state index contributed by atoms with van der Waals surface area (Å²) in [6.45, 7) is 0.982. The number of hydrogen-bond donors (Lipinski definition) is 2. The predicted octanol–water partition coefficient (Wildman–Crippen LogP) is 2.60. The summed E-state index contributed by atoms with van der Waals surface area (Å²) >= 11 is 1.61. The lowest BCUT2D eigenvalue weighted by Crippen LogP contribution is -3.08. The molecule has 128 valence electrons. The summed E-state index contributed by atoms with van der Waals surface area (Å²) < 4.78 is 12.9. The fourth-order valence-electron chi connectivity index (χ4n) is 2.49. The van der Waals surface area contributed by atoms with Gasteiger partial charge >= 0.3 is 0 Å². The van der Waals surface area contributed by atoms with Crippen LogP contribution in [0.25, 0.3) is 10.6 Å². The SMILES string of the molecule is C[NH+](CC(=O)Nc1ccc(F)cc1)Cc1csc(-c2ccccc2)n1. The number of nitrogens with zero attached hydrogens (tertiary/aromatic N) is 1. The van der Waals surface area contributed by atoms with Crippen molar-refractivity contribution in [1.82, 2.24) is 4.98 Å². The molecule has 6 heteroatoms. The molecular formula is C19H19FN3OS+. The van der Waals surface area contributed by atoms with Crippen LogP contribution in [0, 0.1) is 5.82 Å². The van der Waals surface area contributed by atoms with E-state index in [1.54, 1.807) is 23.5 Å². The van der Waals surface area contributed by atoms with Crippen molar-refractivity contribution >= 4 is 22.9 Å². The molecule has 3 rings (SSSR count). The number of rotatable bonds is 6. The topological polar surface area (TPSA) is 46.4 Å². The van der Waals surface area contributed by atoms with Crippen molar-refractivity contribution in [1.29, 1.82) is 0 Å². The monoisotopic (exact) mass is 356 g/mol. The van der Waals surface area contributed by atoms with Gasteiger partial charge in [0.15, 0.2) is 6.54 Å². The van der Waals surface area contributed by atoms with Crippen LogP contribution < -0.4 is 10.2 Å². The minimum Gasteiger partial charge on any atom is -0.325 e. The molecule has 0 fully saturated rings. The molecule has 1 heterocycles. The zero-order valence-corrected chi connectivity index (χ0v) is 14.6. The van der Waals surface area contributed by atoms with E-state index in [1.807, 2.05) is 42.8 Å². The minimum absolute atomic E-state index is 0.109. The molecule has 1 atom stereocenters. The van der Waals surface area contributed by atoms with Gasteiger partial charge in [-0.15, -0.1) is 11.3 Å². The Hall–Kier alpha value is -2.57. The molecule has 1 amide bonds. The summed E-state index contributed by atoms with van der Waals surface area (Å²) in [5, 5.41) is 5.79. The van der Waals surface area contributed by atoms with E-state index < -0.39 is 0 Å². The van der Waals surface area contributed by atoms with Crippen molar-refractivity contribution in [2.75, 3.05) is 18.9 Å².